The van der Waals surface area contributed by atoms with Gasteiger partial charge in [0.2, 0.25) is 0 Å². The number of amides is 2. The minimum atomic E-state index is -0.577. The first-order valence-electron chi connectivity index (χ1n) is 9.07. The van der Waals surface area contributed by atoms with E-state index in [0.717, 1.165) is 11.1 Å². The molecular weight excluding hydrogens is 382 g/mol. The lowest BCUT2D eigenvalue weighted by Gasteiger charge is -2.13. The number of fused-ring (bicyclic) bond motifs is 1. The lowest BCUT2D eigenvalue weighted by molar-refractivity contribution is -0.112. The molecule has 0 spiro atoms. The van der Waals surface area contributed by atoms with Crippen LogP contribution in [0.1, 0.15) is 15.9 Å². The average molecular weight is 403 g/mol. The molecule has 3 rings (SSSR count). The molecule has 9 nitrogen and oxygen atoms in total. The molecule has 2 aromatic heterocycles. The minimum Gasteiger partial charge on any atom is -0.382 e. The number of hydrogen-bond donors (Lipinski definition) is 3. The second kappa shape index (κ2) is 8.79. The number of carbonyl (C=O) groups is 2. The van der Waals surface area contributed by atoms with Gasteiger partial charge in [0, 0.05) is 38.7 Å². The van der Waals surface area contributed by atoms with Crippen molar-refractivity contribution in [2.75, 3.05) is 24.7 Å². The van der Waals surface area contributed by atoms with E-state index in [0.29, 0.717) is 17.9 Å². The number of anilines is 2. The van der Waals surface area contributed by atoms with E-state index < -0.39 is 11.8 Å². The second-order valence-corrected chi connectivity index (χ2v) is 6.76. The third-order valence-corrected chi connectivity index (χ3v) is 4.24. The number of nitrogens with two attached hydrogens (primary N) is 1. The SMILES string of the molecule is CN(C)C=C(C#N)C(=O)Nc1cccc(CNc2c(C(N)=O)cnn3cccc23)c1. The van der Waals surface area contributed by atoms with Crippen LogP contribution in [0.3, 0.4) is 0 Å². The molecule has 0 radical (unpaired) electrons. The maximum Gasteiger partial charge on any atom is 0.267 e. The molecule has 30 heavy (non-hydrogen) atoms. The summed E-state index contributed by atoms with van der Waals surface area (Å²) in [5.74, 6) is -1.07. The lowest BCUT2D eigenvalue weighted by atomic mass is 10.1. The summed E-state index contributed by atoms with van der Waals surface area (Å²) in [5, 5.41) is 19.3. The Hall–Kier alpha value is -4.32. The van der Waals surface area contributed by atoms with Gasteiger partial charge in [-0.05, 0) is 29.8 Å². The van der Waals surface area contributed by atoms with Crippen molar-refractivity contribution < 1.29 is 9.59 Å². The number of nitriles is 1. The first kappa shape index (κ1) is 20.4. The van der Waals surface area contributed by atoms with Gasteiger partial charge < -0.3 is 21.3 Å². The third kappa shape index (κ3) is 4.56. The second-order valence-electron chi connectivity index (χ2n) is 6.76. The van der Waals surface area contributed by atoms with Crippen molar-refractivity contribution in [3.8, 4) is 6.07 Å². The molecule has 0 saturated heterocycles. The zero-order valence-corrected chi connectivity index (χ0v) is 16.6. The molecule has 0 unspecified atom stereocenters. The summed E-state index contributed by atoms with van der Waals surface area (Å²) in [6, 6.07) is 12.7. The van der Waals surface area contributed by atoms with Crippen LogP contribution in [0, 0.1) is 11.3 Å². The normalized spacial score (nSPS) is 11.0. The summed E-state index contributed by atoms with van der Waals surface area (Å²) in [4.78, 5) is 25.7. The highest BCUT2D eigenvalue weighted by Gasteiger charge is 2.14. The third-order valence-electron chi connectivity index (χ3n) is 4.24. The molecule has 2 heterocycles. The van der Waals surface area contributed by atoms with Crippen molar-refractivity contribution in [1.29, 1.82) is 5.26 Å². The number of hydrogen-bond acceptors (Lipinski definition) is 6. The minimum absolute atomic E-state index is 0.00189. The zero-order chi connectivity index (χ0) is 21.7. The summed E-state index contributed by atoms with van der Waals surface area (Å²) in [6.07, 6.45) is 4.66. The van der Waals surface area contributed by atoms with Crippen LogP contribution in [0.5, 0.6) is 0 Å². The largest absolute Gasteiger partial charge is 0.382 e. The van der Waals surface area contributed by atoms with E-state index >= 15 is 0 Å². The van der Waals surface area contributed by atoms with Crippen LogP contribution < -0.4 is 16.4 Å². The summed E-state index contributed by atoms with van der Waals surface area (Å²) in [6.45, 7) is 0.382. The topological polar surface area (TPSA) is 129 Å². The molecule has 0 aliphatic rings. The number of benzene rings is 1. The fourth-order valence-electron chi connectivity index (χ4n) is 2.91. The quantitative estimate of drug-likeness (QED) is 0.409. The Labute approximate surface area is 173 Å². The Bertz CT molecular complexity index is 1170. The van der Waals surface area contributed by atoms with Crippen LogP contribution in [-0.4, -0.2) is 40.4 Å². The molecular formula is C21H21N7O2. The van der Waals surface area contributed by atoms with Crippen LogP contribution in [0.25, 0.3) is 5.52 Å². The van der Waals surface area contributed by atoms with Gasteiger partial charge in [-0.3, -0.25) is 9.59 Å². The molecule has 152 valence electrons. The van der Waals surface area contributed by atoms with Gasteiger partial charge in [0.05, 0.1) is 23.0 Å². The van der Waals surface area contributed by atoms with Gasteiger partial charge in [0.15, 0.2) is 0 Å². The predicted molar refractivity (Wildman–Crippen MR) is 113 cm³/mol. The number of primary amides is 1. The van der Waals surface area contributed by atoms with E-state index in [-0.39, 0.29) is 11.1 Å². The van der Waals surface area contributed by atoms with Crippen LogP contribution in [0.2, 0.25) is 0 Å². The van der Waals surface area contributed by atoms with E-state index in [1.165, 1.54) is 12.4 Å². The highest BCUT2D eigenvalue weighted by Crippen LogP contribution is 2.23. The zero-order valence-electron chi connectivity index (χ0n) is 16.6. The molecule has 0 saturated carbocycles. The Morgan fingerprint density at radius 2 is 2.10 bits per heavy atom. The van der Waals surface area contributed by atoms with Gasteiger partial charge in [-0.2, -0.15) is 10.4 Å². The number of nitrogens with one attached hydrogen (secondary N) is 2. The van der Waals surface area contributed by atoms with E-state index in [1.807, 2.05) is 24.3 Å². The van der Waals surface area contributed by atoms with Gasteiger partial charge in [-0.1, -0.05) is 12.1 Å². The first-order valence-corrected chi connectivity index (χ1v) is 9.07. The van der Waals surface area contributed by atoms with Gasteiger partial charge in [-0.25, -0.2) is 4.52 Å². The summed E-state index contributed by atoms with van der Waals surface area (Å²) in [7, 11) is 3.47. The molecule has 2 amide bonds. The number of rotatable bonds is 7. The molecule has 4 N–H and O–H groups in total. The standard InChI is InChI=1S/C21H21N7O2/c1-27(2)13-15(10-22)21(30)26-16-6-3-5-14(9-16)11-24-19-17(20(23)29)12-25-28-8-4-7-18(19)28/h3-9,12-13,24H,11H2,1-2H3,(H2,23,29)(H,26,30). The van der Waals surface area contributed by atoms with Crippen molar-refractivity contribution >= 4 is 28.7 Å². The molecule has 3 aromatic rings. The van der Waals surface area contributed by atoms with Crippen LogP contribution in [0.4, 0.5) is 11.4 Å². The molecule has 9 heteroatoms. The first-order chi connectivity index (χ1) is 14.4. The molecule has 0 atom stereocenters. The van der Waals surface area contributed by atoms with Crippen LogP contribution in [0.15, 0.2) is 60.6 Å². The Kier molecular flexibility index (Phi) is 5.98. The van der Waals surface area contributed by atoms with Gasteiger partial charge in [0.1, 0.15) is 11.6 Å². The molecule has 0 fully saturated rings. The van der Waals surface area contributed by atoms with Crippen molar-refractivity contribution in [2.45, 2.75) is 6.54 Å². The Morgan fingerprint density at radius 1 is 1.30 bits per heavy atom. The molecule has 0 aliphatic carbocycles. The van der Waals surface area contributed by atoms with E-state index in [9.17, 15) is 9.59 Å². The number of carbonyl (C=O) groups excluding carboxylic acids is 2. The monoisotopic (exact) mass is 403 g/mol. The molecule has 0 aliphatic heterocycles. The maximum absolute atomic E-state index is 12.3. The highest BCUT2D eigenvalue weighted by atomic mass is 16.2. The van der Waals surface area contributed by atoms with E-state index in [2.05, 4.69) is 15.7 Å². The van der Waals surface area contributed by atoms with Crippen molar-refractivity contribution in [2.24, 2.45) is 5.73 Å². The number of aromatic nitrogens is 2. The smallest absolute Gasteiger partial charge is 0.267 e. The van der Waals surface area contributed by atoms with Crippen LogP contribution >= 0.6 is 0 Å². The average Bonchev–Trinajstić information content (AvgIpc) is 3.19. The summed E-state index contributed by atoms with van der Waals surface area (Å²) < 4.78 is 1.64. The number of nitrogens with zero attached hydrogens (tertiary/aromatic N) is 4. The Balaban J connectivity index is 1.79. The van der Waals surface area contributed by atoms with E-state index in [4.69, 9.17) is 11.0 Å². The fourth-order valence-corrected chi connectivity index (χ4v) is 2.91. The Morgan fingerprint density at radius 3 is 2.80 bits per heavy atom. The van der Waals surface area contributed by atoms with Gasteiger partial charge >= 0.3 is 0 Å². The van der Waals surface area contributed by atoms with Crippen LogP contribution in [-0.2, 0) is 11.3 Å². The predicted octanol–water partition coefficient (Wildman–Crippen LogP) is 1.95. The van der Waals surface area contributed by atoms with Crippen molar-refractivity contribution in [3.63, 3.8) is 0 Å². The molecule has 1 aromatic carbocycles. The maximum atomic E-state index is 12.3. The van der Waals surface area contributed by atoms with Crippen molar-refractivity contribution in [3.05, 3.63) is 71.7 Å². The summed E-state index contributed by atoms with van der Waals surface area (Å²) >= 11 is 0. The lowest BCUT2D eigenvalue weighted by Crippen LogP contribution is -2.17. The molecule has 0 bridgehead atoms. The van der Waals surface area contributed by atoms with Gasteiger partial charge in [-0.15, -0.1) is 0 Å². The fraction of sp³-hybridized carbons (Fsp3) is 0.143. The highest BCUT2D eigenvalue weighted by molar-refractivity contribution is 6.06. The van der Waals surface area contributed by atoms with Gasteiger partial charge in [0.25, 0.3) is 11.8 Å². The summed E-state index contributed by atoms with van der Waals surface area (Å²) in [5.41, 5.74) is 8.50. The van der Waals surface area contributed by atoms with E-state index in [1.54, 1.807) is 47.9 Å². The van der Waals surface area contributed by atoms with Crippen molar-refractivity contribution in [1.82, 2.24) is 14.5 Å².